The molecule has 0 aliphatic carbocycles. The van der Waals surface area contributed by atoms with Crippen LogP contribution in [0.1, 0.15) is 59.1 Å². The van der Waals surface area contributed by atoms with Crippen LogP contribution in [0.15, 0.2) is 79.0 Å². The molecule has 0 bridgehead atoms. The number of benzene rings is 2. The minimum absolute atomic E-state index is 0.0529. The SMILES string of the molecule is COC(=O)NC(C(=O)NC(Cc1ccccc1)CC(O)C(Cc1ccc(-c2ccccn2)cc1)NC(=O)C(NC(=O)OC)C(C)(C)C)C(C)(C)C. The van der Waals surface area contributed by atoms with Gasteiger partial charge in [-0.2, -0.15) is 0 Å². The van der Waals surface area contributed by atoms with Crippen LogP contribution in [0.4, 0.5) is 9.59 Å². The number of ether oxygens (including phenoxy) is 2. The molecule has 5 unspecified atom stereocenters. The number of nitrogens with zero attached hydrogens (tertiary/aromatic N) is 1. The molecule has 2 aromatic carbocycles. The van der Waals surface area contributed by atoms with Crippen LogP contribution in [0.5, 0.6) is 0 Å². The number of amides is 4. The normalized spacial score (nSPS) is 14.5. The van der Waals surface area contributed by atoms with E-state index in [1.54, 1.807) is 6.20 Å². The largest absolute Gasteiger partial charge is 0.453 e. The van der Waals surface area contributed by atoms with Gasteiger partial charge in [-0.1, -0.05) is 102 Å². The number of alkyl carbamates (subject to hydrolysis) is 2. The van der Waals surface area contributed by atoms with Gasteiger partial charge in [0.1, 0.15) is 12.1 Å². The zero-order valence-electron chi connectivity index (χ0n) is 30.9. The molecule has 1 aromatic heterocycles. The van der Waals surface area contributed by atoms with Crippen LogP contribution in [0.3, 0.4) is 0 Å². The number of nitrogens with one attached hydrogen (secondary N) is 4. The summed E-state index contributed by atoms with van der Waals surface area (Å²) in [7, 11) is 2.45. The Hall–Kier alpha value is -4.97. The lowest BCUT2D eigenvalue weighted by atomic mass is 9.85. The number of carbonyl (C=O) groups excluding carboxylic acids is 4. The van der Waals surface area contributed by atoms with E-state index < -0.39 is 65.1 Å². The van der Waals surface area contributed by atoms with Gasteiger partial charge in [-0.05, 0) is 53.4 Å². The predicted octanol–water partition coefficient (Wildman–Crippen LogP) is 4.80. The van der Waals surface area contributed by atoms with Gasteiger partial charge >= 0.3 is 12.2 Å². The van der Waals surface area contributed by atoms with Gasteiger partial charge in [-0.15, -0.1) is 0 Å². The number of methoxy groups -OCH3 is 2. The lowest BCUT2D eigenvalue weighted by molar-refractivity contribution is -0.128. The number of hydrogen-bond acceptors (Lipinski definition) is 8. The van der Waals surface area contributed by atoms with Crippen molar-refractivity contribution < 1.29 is 33.8 Å². The molecule has 5 N–H and O–H groups in total. The van der Waals surface area contributed by atoms with Crippen LogP contribution in [0.2, 0.25) is 0 Å². The highest BCUT2D eigenvalue weighted by atomic mass is 16.5. The highest BCUT2D eigenvalue weighted by Gasteiger charge is 2.37. The van der Waals surface area contributed by atoms with E-state index >= 15 is 0 Å². The molecule has 12 nitrogen and oxygen atoms in total. The Kier molecular flexibility index (Phi) is 14.5. The van der Waals surface area contributed by atoms with Crippen molar-refractivity contribution in [3.05, 3.63) is 90.1 Å². The first-order valence-electron chi connectivity index (χ1n) is 17.0. The molecule has 276 valence electrons. The summed E-state index contributed by atoms with van der Waals surface area (Å²) in [5.41, 5.74) is 2.12. The molecular formula is C39H53N5O7. The number of carbonyl (C=O) groups is 4. The van der Waals surface area contributed by atoms with E-state index in [2.05, 4.69) is 26.3 Å². The first-order valence-corrected chi connectivity index (χ1v) is 17.0. The maximum Gasteiger partial charge on any atom is 0.407 e. The van der Waals surface area contributed by atoms with Gasteiger partial charge in [0.2, 0.25) is 11.8 Å². The van der Waals surface area contributed by atoms with Crippen molar-refractivity contribution in [1.29, 1.82) is 0 Å². The minimum atomic E-state index is -1.15. The summed E-state index contributed by atoms with van der Waals surface area (Å²) >= 11 is 0. The topological polar surface area (TPSA) is 168 Å². The molecule has 0 spiro atoms. The van der Waals surface area contributed by atoms with E-state index in [0.29, 0.717) is 6.42 Å². The number of pyridine rings is 1. The molecule has 0 fully saturated rings. The molecule has 1 heterocycles. The first-order chi connectivity index (χ1) is 24.0. The third kappa shape index (κ3) is 12.7. The molecule has 51 heavy (non-hydrogen) atoms. The molecule has 5 atom stereocenters. The van der Waals surface area contributed by atoms with Crippen LogP contribution in [0.25, 0.3) is 11.3 Å². The van der Waals surface area contributed by atoms with Gasteiger partial charge in [-0.25, -0.2) is 9.59 Å². The predicted molar refractivity (Wildman–Crippen MR) is 196 cm³/mol. The van der Waals surface area contributed by atoms with E-state index in [0.717, 1.165) is 22.4 Å². The van der Waals surface area contributed by atoms with Crippen molar-refractivity contribution in [1.82, 2.24) is 26.3 Å². The Morgan fingerprint density at radius 1 is 0.667 bits per heavy atom. The number of hydrogen-bond donors (Lipinski definition) is 5. The summed E-state index contributed by atoms with van der Waals surface area (Å²) in [5.74, 6) is -0.942. The van der Waals surface area contributed by atoms with E-state index in [1.807, 2.05) is 114 Å². The molecular weight excluding hydrogens is 650 g/mol. The Morgan fingerprint density at radius 3 is 1.67 bits per heavy atom. The van der Waals surface area contributed by atoms with Crippen molar-refractivity contribution in [3.8, 4) is 11.3 Å². The first kappa shape index (κ1) is 40.5. The van der Waals surface area contributed by atoms with E-state index in [9.17, 15) is 24.3 Å². The maximum absolute atomic E-state index is 13.8. The van der Waals surface area contributed by atoms with Gasteiger partial charge in [0, 0.05) is 17.8 Å². The van der Waals surface area contributed by atoms with Crippen LogP contribution >= 0.6 is 0 Å². The average Bonchev–Trinajstić information content (AvgIpc) is 3.08. The monoisotopic (exact) mass is 703 g/mol. The van der Waals surface area contributed by atoms with Crippen molar-refractivity contribution in [2.24, 2.45) is 10.8 Å². The summed E-state index contributed by atoms with van der Waals surface area (Å²) in [6, 6.07) is 19.5. The fraction of sp³-hybridized carbons (Fsp3) is 0.462. The van der Waals surface area contributed by atoms with E-state index in [-0.39, 0.29) is 12.8 Å². The number of aromatic nitrogens is 1. The second-order valence-electron chi connectivity index (χ2n) is 14.8. The van der Waals surface area contributed by atoms with Crippen molar-refractivity contribution >= 4 is 24.0 Å². The van der Waals surface area contributed by atoms with Crippen LogP contribution in [-0.2, 0) is 31.9 Å². The summed E-state index contributed by atoms with van der Waals surface area (Å²) < 4.78 is 9.56. The summed E-state index contributed by atoms with van der Waals surface area (Å²) in [6.45, 7) is 10.9. The van der Waals surface area contributed by atoms with Gasteiger partial charge in [-0.3, -0.25) is 14.6 Å². The highest BCUT2D eigenvalue weighted by molar-refractivity contribution is 5.87. The standard InChI is InChI=1S/C39H53N5O7/c1-38(2,3)32(43-36(48)50-7)34(46)41-28(22-25-14-10-9-11-15-25)24-31(45)30(42-35(47)33(39(4,5)6)44-37(49)51-8)23-26-17-19-27(20-18-26)29-16-12-13-21-40-29/h9-21,28,30-33,45H,22-24H2,1-8H3,(H,41,46)(H,42,47)(H,43,48)(H,44,49). The van der Waals surface area contributed by atoms with Crippen LogP contribution in [-0.4, -0.2) is 78.6 Å². The maximum atomic E-state index is 13.8. The van der Waals surface area contributed by atoms with Gasteiger partial charge < -0.3 is 35.8 Å². The van der Waals surface area contributed by atoms with Crippen LogP contribution < -0.4 is 21.3 Å². The molecule has 0 saturated carbocycles. The zero-order valence-corrected chi connectivity index (χ0v) is 30.9. The molecule has 3 rings (SSSR count). The molecule has 4 amide bonds. The molecule has 0 aliphatic rings. The smallest absolute Gasteiger partial charge is 0.407 e. The second-order valence-corrected chi connectivity index (χ2v) is 14.8. The Morgan fingerprint density at radius 2 is 1.18 bits per heavy atom. The molecule has 12 heteroatoms. The van der Waals surface area contributed by atoms with Crippen molar-refractivity contribution in [2.45, 2.75) is 91.1 Å². The molecule has 3 aromatic rings. The number of rotatable bonds is 14. The molecule has 0 aliphatic heterocycles. The fourth-order valence-corrected chi connectivity index (χ4v) is 5.68. The Balaban J connectivity index is 1.96. The second kappa shape index (κ2) is 18.3. The third-order valence-electron chi connectivity index (χ3n) is 8.51. The van der Waals surface area contributed by atoms with Crippen LogP contribution in [0, 0.1) is 10.8 Å². The van der Waals surface area contributed by atoms with E-state index in [4.69, 9.17) is 9.47 Å². The summed E-state index contributed by atoms with van der Waals surface area (Å²) in [5, 5.41) is 23.2. The average molecular weight is 704 g/mol. The lowest BCUT2D eigenvalue weighted by Gasteiger charge is -2.34. The van der Waals surface area contributed by atoms with E-state index in [1.165, 1.54) is 14.2 Å². The summed E-state index contributed by atoms with van der Waals surface area (Å²) in [4.78, 5) is 56.4. The van der Waals surface area contributed by atoms with Crippen molar-refractivity contribution in [3.63, 3.8) is 0 Å². The Labute approximate surface area is 301 Å². The van der Waals surface area contributed by atoms with Gasteiger partial charge in [0.05, 0.1) is 32.1 Å². The fourth-order valence-electron chi connectivity index (χ4n) is 5.68. The number of aliphatic hydroxyl groups excluding tert-OH is 1. The van der Waals surface area contributed by atoms with Gasteiger partial charge in [0.15, 0.2) is 0 Å². The quantitative estimate of drug-likeness (QED) is 0.160. The molecule has 0 radical (unpaired) electrons. The van der Waals surface area contributed by atoms with Gasteiger partial charge in [0.25, 0.3) is 0 Å². The van der Waals surface area contributed by atoms with Crippen molar-refractivity contribution in [2.75, 3.05) is 14.2 Å². The number of aliphatic hydroxyl groups is 1. The lowest BCUT2D eigenvalue weighted by Crippen LogP contribution is -2.59. The Bertz CT molecular complexity index is 1570. The highest BCUT2D eigenvalue weighted by Crippen LogP contribution is 2.24. The summed E-state index contributed by atoms with van der Waals surface area (Å²) in [6.07, 6.45) is -0.269. The molecule has 0 saturated heterocycles. The third-order valence-corrected chi connectivity index (χ3v) is 8.51. The minimum Gasteiger partial charge on any atom is -0.453 e. The zero-order chi connectivity index (χ0) is 37.8.